The van der Waals surface area contributed by atoms with Gasteiger partial charge < -0.3 is 4.74 Å². The molecule has 0 aromatic heterocycles. The normalized spacial score (nSPS) is 8.00. The number of ether oxygens (including phenoxy) is 1. The summed E-state index contributed by atoms with van der Waals surface area (Å²) in [6.07, 6.45) is 2.03. The predicted molar refractivity (Wildman–Crippen MR) is 31.4 cm³/mol. The molecule has 0 aliphatic rings. The summed E-state index contributed by atoms with van der Waals surface area (Å²) in [7, 11) is 0. The summed E-state index contributed by atoms with van der Waals surface area (Å²) in [4.78, 5) is 9.44. The van der Waals surface area contributed by atoms with Gasteiger partial charge in [-0.2, -0.15) is 4.91 Å². The van der Waals surface area contributed by atoms with Crippen molar-refractivity contribution in [2.45, 2.75) is 6.42 Å². The van der Waals surface area contributed by atoms with Gasteiger partial charge in [-0.3, -0.25) is 0 Å². The van der Waals surface area contributed by atoms with Gasteiger partial charge in [0.25, 0.3) is 0 Å². The van der Waals surface area contributed by atoms with E-state index in [1.807, 2.05) is 0 Å². The van der Waals surface area contributed by atoms with Gasteiger partial charge in [0.1, 0.15) is 0 Å². The Hall–Kier alpha value is -0.860. The van der Waals surface area contributed by atoms with Crippen LogP contribution in [-0.4, -0.2) is 13.2 Å². The summed E-state index contributed by atoms with van der Waals surface area (Å²) < 4.78 is 4.70. The molecule has 3 heteroatoms. The van der Waals surface area contributed by atoms with Crippen LogP contribution in [0.2, 0.25) is 0 Å². The predicted octanol–water partition coefficient (Wildman–Crippen LogP) is 1.30. The van der Waals surface area contributed by atoms with Gasteiger partial charge in [0.15, 0.2) is 0 Å². The molecule has 0 aliphatic carbocycles. The third kappa shape index (κ3) is 5.14. The van der Waals surface area contributed by atoms with Crippen LogP contribution in [0.1, 0.15) is 6.42 Å². The van der Waals surface area contributed by atoms with Crippen molar-refractivity contribution >= 4 is 0 Å². The average Bonchev–Trinajstić information content (AvgIpc) is 1.81. The van der Waals surface area contributed by atoms with Crippen LogP contribution in [0.4, 0.5) is 0 Å². The Morgan fingerprint density at radius 1 is 1.75 bits per heavy atom. The molecule has 0 unspecified atom stereocenters. The van der Waals surface area contributed by atoms with E-state index in [9.17, 15) is 4.91 Å². The van der Waals surface area contributed by atoms with Crippen LogP contribution in [-0.2, 0) is 4.74 Å². The van der Waals surface area contributed by atoms with Crippen molar-refractivity contribution in [2.75, 3.05) is 13.2 Å². The van der Waals surface area contributed by atoms with Crippen molar-refractivity contribution < 1.29 is 4.74 Å². The molecule has 0 radical (unpaired) electrons. The molecule has 0 rings (SSSR count). The van der Waals surface area contributed by atoms with Crippen LogP contribution in [0.25, 0.3) is 0 Å². The number of hydrogen-bond acceptors (Lipinski definition) is 3. The standard InChI is InChI=1S/C5H9NO2/c1-2-8-5-3-4-6-7/h2H,1,3-5H2. The average molecular weight is 115 g/mol. The first-order valence-electron chi connectivity index (χ1n) is 2.43. The van der Waals surface area contributed by atoms with E-state index in [2.05, 4.69) is 11.8 Å². The van der Waals surface area contributed by atoms with Gasteiger partial charge >= 0.3 is 0 Å². The minimum Gasteiger partial charge on any atom is -0.502 e. The molecule has 0 N–H and O–H groups in total. The summed E-state index contributed by atoms with van der Waals surface area (Å²) in [5.74, 6) is 0. The van der Waals surface area contributed by atoms with Crippen LogP contribution in [0, 0.1) is 4.91 Å². The summed E-state index contributed by atoms with van der Waals surface area (Å²) in [5.41, 5.74) is 0. The van der Waals surface area contributed by atoms with Crippen molar-refractivity contribution in [3.8, 4) is 0 Å². The fraction of sp³-hybridized carbons (Fsp3) is 0.600. The largest absolute Gasteiger partial charge is 0.502 e. The van der Waals surface area contributed by atoms with E-state index < -0.39 is 0 Å². The highest BCUT2D eigenvalue weighted by molar-refractivity contribution is 4.49. The molecular weight excluding hydrogens is 106 g/mol. The fourth-order valence-corrected chi connectivity index (χ4v) is 0.296. The van der Waals surface area contributed by atoms with Gasteiger partial charge in [-0.05, 0) is 0 Å². The van der Waals surface area contributed by atoms with E-state index in [0.29, 0.717) is 19.6 Å². The molecule has 0 atom stereocenters. The Morgan fingerprint density at radius 2 is 2.50 bits per heavy atom. The van der Waals surface area contributed by atoms with Crippen molar-refractivity contribution in [2.24, 2.45) is 5.18 Å². The highest BCUT2D eigenvalue weighted by atomic mass is 16.5. The number of nitrogens with zero attached hydrogens (tertiary/aromatic N) is 1. The smallest absolute Gasteiger partial charge is 0.0891 e. The minimum absolute atomic E-state index is 0.327. The summed E-state index contributed by atoms with van der Waals surface area (Å²) in [6.45, 7) is 4.19. The van der Waals surface area contributed by atoms with E-state index >= 15 is 0 Å². The van der Waals surface area contributed by atoms with Crippen LogP contribution in [0.3, 0.4) is 0 Å². The van der Waals surface area contributed by atoms with E-state index in [0.717, 1.165) is 0 Å². The van der Waals surface area contributed by atoms with E-state index in [-0.39, 0.29) is 0 Å². The second kappa shape index (κ2) is 6.14. The lowest BCUT2D eigenvalue weighted by atomic mass is 10.5. The third-order valence-corrected chi connectivity index (χ3v) is 0.629. The zero-order valence-electron chi connectivity index (χ0n) is 4.67. The van der Waals surface area contributed by atoms with E-state index in [1.54, 1.807) is 0 Å². The SMILES string of the molecule is C=COCCCN=O. The molecule has 0 saturated heterocycles. The lowest BCUT2D eigenvalue weighted by molar-refractivity contribution is 0.248. The first-order chi connectivity index (χ1) is 3.91. The molecule has 3 nitrogen and oxygen atoms in total. The Labute approximate surface area is 48.3 Å². The molecule has 0 fully saturated rings. The Kier molecular flexibility index (Phi) is 5.48. The Morgan fingerprint density at radius 3 is 3.00 bits per heavy atom. The summed E-state index contributed by atoms with van der Waals surface area (Å²) >= 11 is 0. The second-order valence-corrected chi connectivity index (χ2v) is 1.24. The van der Waals surface area contributed by atoms with E-state index in [4.69, 9.17) is 4.74 Å². The van der Waals surface area contributed by atoms with Crippen LogP contribution in [0.5, 0.6) is 0 Å². The molecular formula is C5H9NO2. The molecule has 8 heavy (non-hydrogen) atoms. The number of rotatable bonds is 5. The zero-order valence-corrected chi connectivity index (χ0v) is 4.67. The second-order valence-electron chi connectivity index (χ2n) is 1.24. The lowest BCUT2D eigenvalue weighted by Crippen LogP contribution is -1.88. The molecule has 0 aromatic carbocycles. The maximum atomic E-state index is 9.44. The first-order valence-corrected chi connectivity index (χ1v) is 2.43. The molecule has 0 heterocycles. The lowest BCUT2D eigenvalue weighted by Gasteiger charge is -1.92. The topological polar surface area (TPSA) is 38.7 Å². The van der Waals surface area contributed by atoms with Crippen molar-refractivity contribution in [1.82, 2.24) is 0 Å². The number of nitroso groups, excluding NO2 is 1. The molecule has 0 saturated carbocycles. The molecule has 0 bridgehead atoms. The monoisotopic (exact) mass is 115 g/mol. The van der Waals surface area contributed by atoms with Gasteiger partial charge in [-0.1, -0.05) is 11.8 Å². The van der Waals surface area contributed by atoms with Crippen molar-refractivity contribution in [1.29, 1.82) is 0 Å². The molecule has 0 spiro atoms. The molecule has 0 amide bonds. The maximum absolute atomic E-state index is 9.44. The molecule has 0 aromatic rings. The van der Waals surface area contributed by atoms with Gasteiger partial charge in [-0.25, -0.2) is 0 Å². The zero-order chi connectivity index (χ0) is 6.24. The first kappa shape index (κ1) is 7.14. The van der Waals surface area contributed by atoms with Crippen LogP contribution in [0.15, 0.2) is 18.0 Å². The van der Waals surface area contributed by atoms with Gasteiger partial charge in [0.05, 0.1) is 19.4 Å². The van der Waals surface area contributed by atoms with Gasteiger partial charge in [-0.15, -0.1) is 0 Å². The summed E-state index contributed by atoms with van der Waals surface area (Å²) in [6, 6.07) is 0. The highest BCUT2D eigenvalue weighted by Crippen LogP contribution is 1.81. The fourth-order valence-electron chi connectivity index (χ4n) is 0.296. The van der Waals surface area contributed by atoms with Crippen molar-refractivity contribution in [3.63, 3.8) is 0 Å². The van der Waals surface area contributed by atoms with Crippen LogP contribution < -0.4 is 0 Å². The quantitative estimate of drug-likeness (QED) is 0.308. The Balaban J connectivity index is 2.71. The highest BCUT2D eigenvalue weighted by Gasteiger charge is 1.81. The van der Waals surface area contributed by atoms with Crippen molar-refractivity contribution in [3.05, 3.63) is 17.7 Å². The van der Waals surface area contributed by atoms with Gasteiger partial charge in [0.2, 0.25) is 0 Å². The van der Waals surface area contributed by atoms with Gasteiger partial charge in [0, 0.05) is 6.42 Å². The molecule has 46 valence electrons. The minimum atomic E-state index is 0.327. The van der Waals surface area contributed by atoms with Crippen LogP contribution >= 0.6 is 0 Å². The maximum Gasteiger partial charge on any atom is 0.0891 e. The number of hydrogen-bond donors (Lipinski definition) is 0. The van der Waals surface area contributed by atoms with E-state index in [1.165, 1.54) is 6.26 Å². The Bertz CT molecular complexity index is 62.8. The summed E-state index contributed by atoms with van der Waals surface area (Å²) in [5, 5.41) is 2.64. The third-order valence-electron chi connectivity index (χ3n) is 0.629. The molecule has 0 aliphatic heterocycles.